The van der Waals surface area contributed by atoms with Crippen molar-refractivity contribution in [2.24, 2.45) is 0 Å². The van der Waals surface area contributed by atoms with E-state index in [2.05, 4.69) is 33.1 Å². The molecule has 3 rings (SSSR count). The molecular formula is C24H24BrN3O5. The molecule has 8 nitrogen and oxygen atoms in total. The number of nitrogens with one attached hydrogen (secondary N) is 2. The van der Waals surface area contributed by atoms with E-state index in [-0.39, 0.29) is 5.70 Å². The summed E-state index contributed by atoms with van der Waals surface area (Å²) in [6.45, 7) is 7.69. The lowest BCUT2D eigenvalue weighted by atomic mass is 10.1. The Balaban J connectivity index is 1.77. The summed E-state index contributed by atoms with van der Waals surface area (Å²) in [7, 11) is 0. The minimum atomic E-state index is -0.666. The van der Waals surface area contributed by atoms with Crippen LogP contribution < -0.4 is 20.1 Å². The average molecular weight is 514 g/mol. The lowest BCUT2D eigenvalue weighted by Gasteiger charge is -2.14. The maximum absolute atomic E-state index is 12.8. The van der Waals surface area contributed by atoms with Gasteiger partial charge in [0.15, 0.2) is 11.5 Å². The second kappa shape index (κ2) is 10.8. The standard InChI is InChI=1S/C24H24BrN3O5/c1-4-9-33-22-18(25)11-16(13-20(22)32-5-2)12-19-23(30)28(24(31)27-19)14-21(29)26-17-8-6-7-15(3)10-17/h4,6-8,10-13H,1,5,9,14H2,2-3H3,(H,26,29)(H,27,31)/b19-12+. The number of benzene rings is 2. The highest BCUT2D eigenvalue weighted by Gasteiger charge is 2.35. The van der Waals surface area contributed by atoms with Crippen LogP contribution in [-0.4, -0.2) is 42.5 Å². The van der Waals surface area contributed by atoms with Gasteiger partial charge in [0.25, 0.3) is 5.91 Å². The summed E-state index contributed by atoms with van der Waals surface area (Å²) in [5, 5.41) is 5.21. The summed E-state index contributed by atoms with van der Waals surface area (Å²) in [5.74, 6) is -0.0854. The Kier molecular flexibility index (Phi) is 7.89. The van der Waals surface area contributed by atoms with Gasteiger partial charge in [-0.25, -0.2) is 9.69 Å². The Hall–Kier alpha value is -3.59. The van der Waals surface area contributed by atoms with Gasteiger partial charge < -0.3 is 20.1 Å². The molecular weight excluding hydrogens is 490 g/mol. The number of halogens is 1. The lowest BCUT2D eigenvalue weighted by Crippen LogP contribution is -2.38. The van der Waals surface area contributed by atoms with Gasteiger partial charge in [-0.2, -0.15) is 0 Å². The predicted molar refractivity (Wildman–Crippen MR) is 129 cm³/mol. The normalized spacial score (nSPS) is 14.3. The van der Waals surface area contributed by atoms with Gasteiger partial charge in [-0.1, -0.05) is 24.8 Å². The number of nitrogens with zero attached hydrogens (tertiary/aromatic N) is 1. The molecule has 0 aromatic heterocycles. The van der Waals surface area contributed by atoms with E-state index in [1.54, 1.807) is 30.3 Å². The van der Waals surface area contributed by atoms with Crippen LogP contribution in [0.15, 0.2) is 59.2 Å². The Labute approximate surface area is 200 Å². The average Bonchev–Trinajstić information content (AvgIpc) is 3.00. The van der Waals surface area contributed by atoms with Crippen LogP contribution in [0.3, 0.4) is 0 Å². The minimum Gasteiger partial charge on any atom is -0.490 e. The van der Waals surface area contributed by atoms with Gasteiger partial charge in [-0.3, -0.25) is 9.59 Å². The zero-order chi connectivity index (χ0) is 24.0. The quantitative estimate of drug-likeness (QED) is 0.296. The van der Waals surface area contributed by atoms with Crippen molar-refractivity contribution >= 4 is 45.5 Å². The third kappa shape index (κ3) is 6.01. The molecule has 33 heavy (non-hydrogen) atoms. The lowest BCUT2D eigenvalue weighted by molar-refractivity contribution is -0.127. The van der Waals surface area contributed by atoms with Crippen LogP contribution in [0, 0.1) is 6.92 Å². The van der Waals surface area contributed by atoms with Crippen molar-refractivity contribution < 1.29 is 23.9 Å². The highest BCUT2D eigenvalue weighted by molar-refractivity contribution is 9.10. The Bertz CT molecular complexity index is 1130. The summed E-state index contributed by atoms with van der Waals surface area (Å²) in [6.07, 6.45) is 3.14. The zero-order valence-corrected chi connectivity index (χ0v) is 19.9. The van der Waals surface area contributed by atoms with Crippen molar-refractivity contribution in [2.45, 2.75) is 13.8 Å². The van der Waals surface area contributed by atoms with Gasteiger partial charge in [0.1, 0.15) is 18.8 Å². The number of ether oxygens (including phenoxy) is 2. The minimum absolute atomic E-state index is 0.0532. The number of rotatable bonds is 9. The second-order valence-corrected chi connectivity index (χ2v) is 8.01. The van der Waals surface area contributed by atoms with E-state index in [4.69, 9.17) is 9.47 Å². The molecule has 0 radical (unpaired) electrons. The fraction of sp³-hybridized carbons (Fsp3) is 0.208. The molecule has 1 fully saturated rings. The van der Waals surface area contributed by atoms with E-state index in [0.717, 1.165) is 10.5 Å². The number of aryl methyl sites for hydroxylation is 1. The molecule has 2 aromatic carbocycles. The van der Waals surface area contributed by atoms with Gasteiger partial charge in [-0.15, -0.1) is 0 Å². The van der Waals surface area contributed by atoms with Crippen molar-refractivity contribution in [1.29, 1.82) is 0 Å². The summed E-state index contributed by atoms with van der Waals surface area (Å²) >= 11 is 3.45. The summed E-state index contributed by atoms with van der Waals surface area (Å²) in [6, 6.07) is 10.0. The topological polar surface area (TPSA) is 97.0 Å². The number of carbonyl (C=O) groups is 3. The Morgan fingerprint density at radius 3 is 2.73 bits per heavy atom. The van der Waals surface area contributed by atoms with E-state index < -0.39 is 24.4 Å². The predicted octanol–water partition coefficient (Wildman–Crippen LogP) is 4.25. The number of urea groups is 1. The van der Waals surface area contributed by atoms with Gasteiger partial charge in [-0.05, 0) is 71.2 Å². The first kappa shape index (κ1) is 24.1. The molecule has 9 heteroatoms. The van der Waals surface area contributed by atoms with Crippen molar-refractivity contribution in [3.05, 3.63) is 70.3 Å². The Morgan fingerprint density at radius 1 is 1.24 bits per heavy atom. The molecule has 0 aliphatic carbocycles. The summed E-state index contributed by atoms with van der Waals surface area (Å²) < 4.78 is 11.9. The van der Waals surface area contributed by atoms with Crippen LogP contribution in [0.1, 0.15) is 18.1 Å². The first-order chi connectivity index (χ1) is 15.8. The smallest absolute Gasteiger partial charge is 0.329 e. The number of hydrogen-bond donors (Lipinski definition) is 2. The van der Waals surface area contributed by atoms with Gasteiger partial charge >= 0.3 is 6.03 Å². The van der Waals surface area contributed by atoms with Crippen LogP contribution in [0.5, 0.6) is 11.5 Å². The number of imide groups is 1. The van der Waals surface area contributed by atoms with Gasteiger partial charge in [0.05, 0.1) is 11.1 Å². The monoisotopic (exact) mass is 513 g/mol. The third-order valence-corrected chi connectivity index (χ3v) is 5.14. The van der Waals surface area contributed by atoms with Crippen LogP contribution in [0.25, 0.3) is 6.08 Å². The summed E-state index contributed by atoms with van der Waals surface area (Å²) in [5.41, 5.74) is 2.23. The Morgan fingerprint density at radius 2 is 2.03 bits per heavy atom. The third-order valence-electron chi connectivity index (χ3n) is 4.55. The molecule has 0 bridgehead atoms. The maximum atomic E-state index is 12.8. The van der Waals surface area contributed by atoms with Crippen molar-refractivity contribution in [2.75, 3.05) is 25.1 Å². The molecule has 0 unspecified atom stereocenters. The molecule has 172 valence electrons. The zero-order valence-electron chi connectivity index (χ0n) is 18.3. The van der Waals surface area contributed by atoms with Crippen LogP contribution in [0.4, 0.5) is 10.5 Å². The number of anilines is 1. The molecule has 0 atom stereocenters. The maximum Gasteiger partial charge on any atom is 0.329 e. The SMILES string of the molecule is C=CCOc1c(Br)cc(/C=C2/NC(=O)N(CC(=O)Nc3cccc(C)c3)C2=O)cc1OCC. The summed E-state index contributed by atoms with van der Waals surface area (Å²) in [4.78, 5) is 38.4. The fourth-order valence-corrected chi connectivity index (χ4v) is 3.74. The number of carbonyl (C=O) groups excluding carboxylic acids is 3. The van der Waals surface area contributed by atoms with Crippen molar-refractivity contribution in [3.63, 3.8) is 0 Å². The fourth-order valence-electron chi connectivity index (χ4n) is 3.17. The molecule has 1 aliphatic heterocycles. The van der Waals surface area contributed by atoms with Crippen molar-refractivity contribution in [3.8, 4) is 11.5 Å². The van der Waals surface area contributed by atoms with Gasteiger partial charge in [0, 0.05) is 5.69 Å². The van der Waals surface area contributed by atoms with E-state index in [0.29, 0.717) is 40.4 Å². The first-order valence-corrected chi connectivity index (χ1v) is 11.0. The van der Waals surface area contributed by atoms with E-state index in [1.165, 1.54) is 6.08 Å². The number of amides is 4. The molecule has 4 amide bonds. The highest BCUT2D eigenvalue weighted by atomic mass is 79.9. The molecule has 0 spiro atoms. The highest BCUT2D eigenvalue weighted by Crippen LogP contribution is 2.37. The van der Waals surface area contributed by atoms with Crippen LogP contribution in [0.2, 0.25) is 0 Å². The second-order valence-electron chi connectivity index (χ2n) is 7.16. The van der Waals surface area contributed by atoms with Gasteiger partial charge in [0.2, 0.25) is 5.91 Å². The molecule has 1 heterocycles. The molecule has 2 aromatic rings. The molecule has 0 saturated carbocycles. The first-order valence-electron chi connectivity index (χ1n) is 10.2. The van der Waals surface area contributed by atoms with E-state index >= 15 is 0 Å². The number of hydrogen-bond acceptors (Lipinski definition) is 5. The molecule has 1 saturated heterocycles. The van der Waals surface area contributed by atoms with Crippen LogP contribution in [-0.2, 0) is 9.59 Å². The molecule has 1 aliphatic rings. The van der Waals surface area contributed by atoms with E-state index in [1.807, 2.05) is 26.0 Å². The van der Waals surface area contributed by atoms with Crippen LogP contribution >= 0.6 is 15.9 Å². The molecule has 2 N–H and O–H groups in total. The van der Waals surface area contributed by atoms with E-state index in [9.17, 15) is 14.4 Å². The van der Waals surface area contributed by atoms with Crippen molar-refractivity contribution in [1.82, 2.24) is 10.2 Å². The largest absolute Gasteiger partial charge is 0.490 e.